The van der Waals surface area contributed by atoms with E-state index < -0.39 is 0 Å². The fourth-order valence-electron chi connectivity index (χ4n) is 1.73. The minimum Gasteiger partial charge on any atom is -0.462 e. The van der Waals surface area contributed by atoms with Gasteiger partial charge in [0.25, 0.3) is 0 Å². The third kappa shape index (κ3) is 2.47. The van der Waals surface area contributed by atoms with Gasteiger partial charge in [-0.15, -0.1) is 0 Å². The number of esters is 1. The zero-order valence-corrected chi connectivity index (χ0v) is 8.71. The average Bonchev–Trinajstić information content (AvgIpc) is 2.09. The minimum absolute atomic E-state index is 0.0943. The van der Waals surface area contributed by atoms with Gasteiger partial charge in [0.1, 0.15) is 6.10 Å². The van der Waals surface area contributed by atoms with Crippen LogP contribution in [0.25, 0.3) is 0 Å². The molecule has 0 aliphatic carbocycles. The SMILES string of the molecule is CC1OC(=O)CCC1(C)CCC(N)=O. The van der Waals surface area contributed by atoms with Gasteiger partial charge in [-0.3, -0.25) is 9.59 Å². The first-order valence-electron chi connectivity index (χ1n) is 4.92. The number of nitrogens with two attached hydrogens (primary N) is 1. The van der Waals surface area contributed by atoms with Gasteiger partial charge in [0.15, 0.2) is 0 Å². The topological polar surface area (TPSA) is 69.4 Å². The summed E-state index contributed by atoms with van der Waals surface area (Å²) in [5, 5.41) is 0. The highest BCUT2D eigenvalue weighted by atomic mass is 16.5. The maximum absolute atomic E-state index is 11.0. The molecule has 2 atom stereocenters. The first-order valence-corrected chi connectivity index (χ1v) is 4.92. The van der Waals surface area contributed by atoms with E-state index >= 15 is 0 Å². The van der Waals surface area contributed by atoms with Crippen molar-refractivity contribution in [2.75, 3.05) is 0 Å². The van der Waals surface area contributed by atoms with Gasteiger partial charge in [-0.25, -0.2) is 0 Å². The van der Waals surface area contributed by atoms with E-state index in [-0.39, 0.29) is 23.4 Å². The van der Waals surface area contributed by atoms with E-state index in [0.29, 0.717) is 19.3 Å². The summed E-state index contributed by atoms with van der Waals surface area (Å²) >= 11 is 0. The molecule has 1 saturated heterocycles. The van der Waals surface area contributed by atoms with Crippen LogP contribution in [0.2, 0.25) is 0 Å². The van der Waals surface area contributed by atoms with Gasteiger partial charge in [-0.2, -0.15) is 0 Å². The summed E-state index contributed by atoms with van der Waals surface area (Å²) in [6, 6.07) is 0. The summed E-state index contributed by atoms with van der Waals surface area (Å²) in [5.41, 5.74) is 5.00. The molecule has 4 nitrogen and oxygen atoms in total. The third-order valence-corrected chi connectivity index (χ3v) is 3.13. The van der Waals surface area contributed by atoms with Crippen LogP contribution >= 0.6 is 0 Å². The molecule has 14 heavy (non-hydrogen) atoms. The van der Waals surface area contributed by atoms with E-state index in [1.807, 2.05) is 13.8 Å². The molecule has 1 amide bonds. The first kappa shape index (κ1) is 11.0. The van der Waals surface area contributed by atoms with Gasteiger partial charge in [-0.05, 0) is 19.8 Å². The third-order valence-electron chi connectivity index (χ3n) is 3.13. The van der Waals surface area contributed by atoms with Crippen molar-refractivity contribution in [1.29, 1.82) is 0 Å². The molecular weight excluding hydrogens is 182 g/mol. The molecule has 80 valence electrons. The first-order chi connectivity index (χ1) is 6.44. The molecular formula is C10H17NO3. The molecule has 1 fully saturated rings. The normalized spacial score (nSPS) is 32.4. The van der Waals surface area contributed by atoms with E-state index in [2.05, 4.69) is 0 Å². The van der Waals surface area contributed by atoms with Crippen LogP contribution < -0.4 is 5.73 Å². The van der Waals surface area contributed by atoms with Crippen LogP contribution in [0.3, 0.4) is 0 Å². The molecule has 0 radical (unpaired) electrons. The zero-order valence-electron chi connectivity index (χ0n) is 8.71. The van der Waals surface area contributed by atoms with Crippen LogP contribution in [-0.2, 0) is 14.3 Å². The lowest BCUT2D eigenvalue weighted by Gasteiger charge is -2.38. The molecule has 0 aromatic heterocycles. The van der Waals surface area contributed by atoms with Crippen LogP contribution in [0.15, 0.2) is 0 Å². The Morgan fingerprint density at radius 1 is 1.71 bits per heavy atom. The lowest BCUT2D eigenvalue weighted by atomic mass is 9.75. The monoisotopic (exact) mass is 199 g/mol. The largest absolute Gasteiger partial charge is 0.462 e. The maximum atomic E-state index is 11.0. The summed E-state index contributed by atoms with van der Waals surface area (Å²) in [7, 11) is 0. The molecule has 1 rings (SSSR count). The summed E-state index contributed by atoms with van der Waals surface area (Å²) in [6.07, 6.45) is 2.15. The van der Waals surface area contributed by atoms with E-state index in [9.17, 15) is 9.59 Å². The predicted molar refractivity (Wildman–Crippen MR) is 51.3 cm³/mol. The van der Waals surface area contributed by atoms with Crippen molar-refractivity contribution < 1.29 is 14.3 Å². The molecule has 0 bridgehead atoms. The molecule has 4 heteroatoms. The number of cyclic esters (lactones) is 1. The van der Waals surface area contributed by atoms with Gasteiger partial charge >= 0.3 is 5.97 Å². The van der Waals surface area contributed by atoms with Gasteiger partial charge in [0.2, 0.25) is 5.91 Å². The molecule has 1 aliphatic rings. The van der Waals surface area contributed by atoms with Crippen molar-refractivity contribution >= 4 is 11.9 Å². The molecule has 0 aromatic rings. The van der Waals surface area contributed by atoms with Gasteiger partial charge in [0.05, 0.1) is 0 Å². The van der Waals surface area contributed by atoms with E-state index in [0.717, 1.165) is 6.42 Å². The lowest BCUT2D eigenvalue weighted by Crippen LogP contribution is -2.39. The van der Waals surface area contributed by atoms with Crippen molar-refractivity contribution in [2.45, 2.75) is 45.6 Å². The molecule has 1 aliphatic heterocycles. The smallest absolute Gasteiger partial charge is 0.306 e. The van der Waals surface area contributed by atoms with Crippen LogP contribution in [0.5, 0.6) is 0 Å². The Balaban J connectivity index is 2.54. The molecule has 2 N–H and O–H groups in total. The van der Waals surface area contributed by atoms with Crippen LogP contribution in [0.1, 0.15) is 39.5 Å². The number of primary amides is 1. The highest BCUT2D eigenvalue weighted by Crippen LogP contribution is 2.38. The summed E-state index contributed by atoms with van der Waals surface area (Å²) in [5.74, 6) is -0.440. The molecule has 0 spiro atoms. The van der Waals surface area contributed by atoms with Crippen LogP contribution in [0.4, 0.5) is 0 Å². The second-order valence-electron chi connectivity index (χ2n) is 4.25. The zero-order chi connectivity index (χ0) is 10.8. The molecule has 0 saturated carbocycles. The summed E-state index contributed by atoms with van der Waals surface area (Å²) < 4.78 is 5.14. The Morgan fingerprint density at radius 2 is 2.36 bits per heavy atom. The number of carbonyl (C=O) groups is 2. The van der Waals surface area contributed by atoms with Gasteiger partial charge in [0, 0.05) is 18.3 Å². The Bertz CT molecular complexity index is 252. The number of ether oxygens (including phenoxy) is 1. The van der Waals surface area contributed by atoms with Crippen molar-refractivity contribution in [1.82, 2.24) is 0 Å². The second-order valence-corrected chi connectivity index (χ2v) is 4.25. The van der Waals surface area contributed by atoms with E-state index in [1.54, 1.807) is 0 Å². The average molecular weight is 199 g/mol. The number of amides is 1. The second kappa shape index (κ2) is 3.98. The fraction of sp³-hybridized carbons (Fsp3) is 0.800. The number of hydrogen-bond donors (Lipinski definition) is 1. The maximum Gasteiger partial charge on any atom is 0.306 e. The number of rotatable bonds is 3. The Morgan fingerprint density at radius 3 is 2.86 bits per heavy atom. The molecule has 1 heterocycles. The predicted octanol–water partition coefficient (Wildman–Crippen LogP) is 0.984. The van der Waals surface area contributed by atoms with E-state index in [1.165, 1.54) is 0 Å². The summed E-state index contributed by atoms with van der Waals surface area (Å²) in [4.78, 5) is 21.7. The highest BCUT2D eigenvalue weighted by molar-refractivity contribution is 5.74. The van der Waals surface area contributed by atoms with Crippen LogP contribution in [0, 0.1) is 5.41 Å². The van der Waals surface area contributed by atoms with Crippen molar-refractivity contribution in [3.05, 3.63) is 0 Å². The minimum atomic E-state index is -0.296. The quantitative estimate of drug-likeness (QED) is 0.689. The molecule has 2 unspecified atom stereocenters. The Hall–Kier alpha value is -1.06. The Labute approximate surface area is 83.8 Å². The summed E-state index contributed by atoms with van der Waals surface area (Å²) in [6.45, 7) is 3.91. The van der Waals surface area contributed by atoms with Crippen molar-refractivity contribution in [3.63, 3.8) is 0 Å². The van der Waals surface area contributed by atoms with Gasteiger partial charge < -0.3 is 10.5 Å². The Kier molecular flexibility index (Phi) is 3.13. The fourth-order valence-corrected chi connectivity index (χ4v) is 1.73. The molecule has 0 aromatic carbocycles. The van der Waals surface area contributed by atoms with Crippen molar-refractivity contribution in [3.8, 4) is 0 Å². The lowest BCUT2D eigenvalue weighted by molar-refractivity contribution is -0.164. The van der Waals surface area contributed by atoms with Crippen LogP contribution in [-0.4, -0.2) is 18.0 Å². The number of hydrogen-bond acceptors (Lipinski definition) is 3. The highest BCUT2D eigenvalue weighted by Gasteiger charge is 2.38. The number of carbonyl (C=O) groups excluding carboxylic acids is 2. The standard InChI is InChI=1S/C10H17NO3/c1-7-10(2,5-3-8(11)12)6-4-9(13)14-7/h7H,3-6H2,1-2H3,(H2,11,12). The van der Waals surface area contributed by atoms with E-state index in [4.69, 9.17) is 10.5 Å². The van der Waals surface area contributed by atoms with Crippen molar-refractivity contribution in [2.24, 2.45) is 11.1 Å². The van der Waals surface area contributed by atoms with Gasteiger partial charge in [-0.1, -0.05) is 6.92 Å².